The third-order valence-corrected chi connectivity index (χ3v) is 4.38. The first kappa shape index (κ1) is 15.5. The molecule has 21 heavy (non-hydrogen) atoms. The predicted octanol–water partition coefficient (Wildman–Crippen LogP) is 4.16. The van der Waals surface area contributed by atoms with Gasteiger partial charge in [0.1, 0.15) is 22.2 Å². The molecular formula is C16H19NO3S. The fourth-order valence-corrected chi connectivity index (χ4v) is 3.06. The molecule has 0 spiro atoms. The first-order chi connectivity index (χ1) is 9.88. The summed E-state index contributed by atoms with van der Waals surface area (Å²) in [6.07, 6.45) is 0. The van der Waals surface area contributed by atoms with Crippen molar-refractivity contribution in [2.24, 2.45) is 0 Å². The summed E-state index contributed by atoms with van der Waals surface area (Å²) in [6.45, 7) is 8.38. The number of aromatic nitrogens is 1. The Hall–Kier alpha value is -1.88. The smallest absolute Gasteiger partial charge is 0.347 e. The van der Waals surface area contributed by atoms with Crippen LogP contribution in [0.25, 0.3) is 0 Å². The fourth-order valence-electron chi connectivity index (χ4n) is 2.24. The van der Waals surface area contributed by atoms with Crippen molar-refractivity contribution in [3.63, 3.8) is 0 Å². The Morgan fingerprint density at radius 3 is 2.62 bits per heavy atom. The van der Waals surface area contributed by atoms with Gasteiger partial charge in [-0.15, -0.1) is 11.3 Å². The molecule has 2 aromatic rings. The van der Waals surface area contributed by atoms with Crippen molar-refractivity contribution in [2.45, 2.75) is 40.2 Å². The number of rotatable bonds is 5. The number of carboxylic acid groups (broad SMARTS) is 1. The van der Waals surface area contributed by atoms with Crippen LogP contribution in [0.5, 0.6) is 5.75 Å². The highest BCUT2D eigenvalue weighted by Gasteiger charge is 2.14. The molecule has 0 atom stereocenters. The van der Waals surface area contributed by atoms with E-state index in [0.29, 0.717) is 23.2 Å². The zero-order valence-corrected chi connectivity index (χ0v) is 13.5. The molecule has 0 saturated carbocycles. The Bertz CT molecular complexity index is 662. The van der Waals surface area contributed by atoms with Crippen LogP contribution in [0.3, 0.4) is 0 Å². The number of aryl methyl sites for hydroxylation is 2. The first-order valence-electron chi connectivity index (χ1n) is 6.81. The lowest BCUT2D eigenvalue weighted by Gasteiger charge is -2.11. The minimum absolute atomic E-state index is 0.278. The third-order valence-electron chi connectivity index (χ3n) is 3.26. The average molecular weight is 305 g/mol. The van der Waals surface area contributed by atoms with Gasteiger partial charge in [-0.05, 0) is 43.0 Å². The summed E-state index contributed by atoms with van der Waals surface area (Å²) in [6, 6.07) is 6.03. The zero-order valence-electron chi connectivity index (χ0n) is 12.6. The summed E-state index contributed by atoms with van der Waals surface area (Å²) in [4.78, 5) is 15.5. The molecule has 0 unspecified atom stereocenters. The second-order valence-electron chi connectivity index (χ2n) is 5.29. The molecule has 0 aliphatic rings. The van der Waals surface area contributed by atoms with E-state index in [-0.39, 0.29) is 4.88 Å². The van der Waals surface area contributed by atoms with E-state index in [1.807, 2.05) is 12.1 Å². The lowest BCUT2D eigenvalue weighted by atomic mass is 9.98. The lowest BCUT2D eigenvalue weighted by Crippen LogP contribution is -1.97. The molecule has 0 fully saturated rings. The highest BCUT2D eigenvalue weighted by Crippen LogP contribution is 2.25. The van der Waals surface area contributed by atoms with E-state index in [0.717, 1.165) is 17.1 Å². The van der Waals surface area contributed by atoms with Gasteiger partial charge in [0.05, 0.1) is 5.69 Å². The van der Waals surface area contributed by atoms with E-state index in [9.17, 15) is 4.79 Å². The Morgan fingerprint density at radius 2 is 2.10 bits per heavy atom. The van der Waals surface area contributed by atoms with Gasteiger partial charge in [-0.3, -0.25) is 0 Å². The Kier molecular flexibility index (Phi) is 4.63. The molecule has 0 amide bonds. The predicted molar refractivity (Wildman–Crippen MR) is 83.4 cm³/mol. The van der Waals surface area contributed by atoms with Gasteiger partial charge in [0.15, 0.2) is 0 Å². The molecule has 4 nitrogen and oxygen atoms in total. The van der Waals surface area contributed by atoms with E-state index in [2.05, 4.69) is 31.8 Å². The monoisotopic (exact) mass is 305 g/mol. The van der Waals surface area contributed by atoms with Gasteiger partial charge < -0.3 is 9.84 Å². The van der Waals surface area contributed by atoms with Crippen molar-refractivity contribution in [3.8, 4) is 5.75 Å². The molecule has 0 bridgehead atoms. The molecule has 1 aromatic heterocycles. The summed E-state index contributed by atoms with van der Waals surface area (Å²) < 4.78 is 5.71. The van der Waals surface area contributed by atoms with Gasteiger partial charge in [0.25, 0.3) is 0 Å². The lowest BCUT2D eigenvalue weighted by molar-refractivity contribution is 0.0701. The van der Waals surface area contributed by atoms with Crippen LogP contribution < -0.4 is 4.74 Å². The number of hydrogen-bond acceptors (Lipinski definition) is 4. The molecule has 5 heteroatoms. The summed E-state index contributed by atoms with van der Waals surface area (Å²) in [5, 5.41) is 9.69. The van der Waals surface area contributed by atoms with Crippen molar-refractivity contribution in [2.75, 3.05) is 0 Å². The van der Waals surface area contributed by atoms with Gasteiger partial charge in [-0.2, -0.15) is 0 Å². The quantitative estimate of drug-likeness (QED) is 0.901. The molecule has 1 aromatic carbocycles. The highest BCUT2D eigenvalue weighted by molar-refractivity contribution is 7.13. The first-order valence-corrected chi connectivity index (χ1v) is 7.63. The minimum atomic E-state index is -0.937. The normalized spacial score (nSPS) is 10.9. The van der Waals surface area contributed by atoms with Crippen LogP contribution in [-0.4, -0.2) is 16.1 Å². The molecule has 0 radical (unpaired) electrons. The van der Waals surface area contributed by atoms with E-state index in [1.165, 1.54) is 11.1 Å². The number of nitrogens with zero attached hydrogens (tertiary/aromatic N) is 1. The molecule has 0 saturated heterocycles. The average Bonchev–Trinajstić information content (AvgIpc) is 2.77. The molecule has 1 heterocycles. The summed E-state index contributed by atoms with van der Waals surface area (Å²) in [5.74, 6) is 0.328. The Labute approximate surface area is 128 Å². The van der Waals surface area contributed by atoms with Gasteiger partial charge in [-0.1, -0.05) is 19.9 Å². The number of thiazole rings is 1. The van der Waals surface area contributed by atoms with Crippen LogP contribution >= 0.6 is 11.3 Å². The van der Waals surface area contributed by atoms with Crippen LogP contribution in [-0.2, 0) is 6.61 Å². The minimum Gasteiger partial charge on any atom is -0.486 e. The Morgan fingerprint density at radius 1 is 1.38 bits per heavy atom. The third kappa shape index (κ3) is 3.61. The van der Waals surface area contributed by atoms with E-state index < -0.39 is 5.97 Å². The zero-order chi connectivity index (χ0) is 15.6. The van der Waals surface area contributed by atoms with E-state index >= 15 is 0 Å². The molecule has 1 N–H and O–H groups in total. The molecule has 112 valence electrons. The van der Waals surface area contributed by atoms with Crippen LogP contribution in [0, 0.1) is 13.8 Å². The number of benzene rings is 1. The number of aromatic carboxylic acids is 1. The number of carbonyl (C=O) groups is 1. The number of ether oxygens (including phenoxy) is 1. The maximum atomic E-state index is 11.0. The standard InChI is InChI=1S/C16H19NO3S/c1-9(2)13-6-5-12(7-10(13)3)20-8-14-17-11(4)15(21-14)16(18)19/h5-7,9H,8H2,1-4H3,(H,18,19). The maximum Gasteiger partial charge on any atom is 0.347 e. The molecular weight excluding hydrogens is 286 g/mol. The summed E-state index contributed by atoms with van der Waals surface area (Å²) in [7, 11) is 0. The van der Waals surface area contributed by atoms with E-state index in [4.69, 9.17) is 9.84 Å². The van der Waals surface area contributed by atoms with Gasteiger partial charge >= 0.3 is 5.97 Å². The SMILES string of the molecule is Cc1cc(OCc2nc(C)c(C(=O)O)s2)ccc1C(C)C. The van der Waals surface area contributed by atoms with Crippen molar-refractivity contribution in [3.05, 3.63) is 44.9 Å². The van der Waals surface area contributed by atoms with Crippen LogP contribution in [0.4, 0.5) is 0 Å². The maximum absolute atomic E-state index is 11.0. The largest absolute Gasteiger partial charge is 0.486 e. The molecule has 2 rings (SSSR count). The number of hydrogen-bond donors (Lipinski definition) is 1. The van der Waals surface area contributed by atoms with E-state index in [1.54, 1.807) is 6.92 Å². The second kappa shape index (κ2) is 6.26. The van der Waals surface area contributed by atoms with Crippen molar-refractivity contribution in [1.29, 1.82) is 0 Å². The summed E-state index contributed by atoms with van der Waals surface area (Å²) >= 11 is 1.16. The molecule has 0 aliphatic heterocycles. The van der Waals surface area contributed by atoms with Crippen LogP contribution in [0.1, 0.15) is 51.3 Å². The second-order valence-corrected chi connectivity index (χ2v) is 6.37. The highest BCUT2D eigenvalue weighted by atomic mass is 32.1. The fraction of sp³-hybridized carbons (Fsp3) is 0.375. The van der Waals surface area contributed by atoms with Gasteiger partial charge in [0.2, 0.25) is 0 Å². The van der Waals surface area contributed by atoms with Crippen molar-refractivity contribution < 1.29 is 14.6 Å². The number of carboxylic acids is 1. The van der Waals surface area contributed by atoms with Gasteiger partial charge in [0, 0.05) is 0 Å². The topological polar surface area (TPSA) is 59.4 Å². The van der Waals surface area contributed by atoms with Gasteiger partial charge in [-0.25, -0.2) is 9.78 Å². The summed E-state index contributed by atoms with van der Waals surface area (Å²) in [5.41, 5.74) is 3.04. The van der Waals surface area contributed by atoms with Crippen molar-refractivity contribution in [1.82, 2.24) is 4.98 Å². The Balaban J connectivity index is 2.08. The van der Waals surface area contributed by atoms with Crippen molar-refractivity contribution >= 4 is 17.3 Å². The molecule has 0 aliphatic carbocycles. The van der Waals surface area contributed by atoms with Crippen LogP contribution in [0.15, 0.2) is 18.2 Å². The van der Waals surface area contributed by atoms with Crippen LogP contribution in [0.2, 0.25) is 0 Å².